The number of rotatable bonds is 2. The second-order valence-corrected chi connectivity index (χ2v) is 6.34. The molecule has 0 saturated heterocycles. The number of fused-ring (bicyclic) bond motifs is 3. The SMILES string of the molecule is COc1ccccc1C1CCCc2nc3ccc(Br)nc3n21. The lowest BCUT2D eigenvalue weighted by molar-refractivity contribution is 0.388. The zero-order valence-electron chi connectivity index (χ0n) is 12.3. The van der Waals surface area contributed by atoms with Crippen LogP contribution in [0.5, 0.6) is 5.75 Å². The van der Waals surface area contributed by atoms with Gasteiger partial charge in [-0.05, 0) is 47.0 Å². The number of methoxy groups -OCH3 is 1. The van der Waals surface area contributed by atoms with Gasteiger partial charge in [0.1, 0.15) is 21.7 Å². The molecule has 1 atom stereocenters. The predicted octanol–water partition coefficient (Wildman–Crippen LogP) is 4.13. The summed E-state index contributed by atoms with van der Waals surface area (Å²) in [6, 6.07) is 12.4. The van der Waals surface area contributed by atoms with Crippen LogP contribution in [-0.4, -0.2) is 21.6 Å². The molecule has 3 aromatic rings. The van der Waals surface area contributed by atoms with E-state index in [1.807, 2.05) is 24.3 Å². The van der Waals surface area contributed by atoms with Crippen molar-refractivity contribution in [3.8, 4) is 5.75 Å². The molecule has 4 rings (SSSR count). The molecule has 1 unspecified atom stereocenters. The number of imidazole rings is 1. The van der Waals surface area contributed by atoms with E-state index in [4.69, 9.17) is 9.72 Å². The number of hydrogen-bond acceptors (Lipinski definition) is 3. The molecule has 4 nitrogen and oxygen atoms in total. The number of aryl methyl sites for hydroxylation is 1. The second kappa shape index (κ2) is 5.39. The number of benzene rings is 1. The van der Waals surface area contributed by atoms with E-state index < -0.39 is 0 Å². The van der Waals surface area contributed by atoms with Crippen molar-refractivity contribution in [2.75, 3.05) is 7.11 Å². The lowest BCUT2D eigenvalue weighted by Gasteiger charge is -2.27. The van der Waals surface area contributed by atoms with Crippen LogP contribution in [0.25, 0.3) is 11.2 Å². The maximum absolute atomic E-state index is 5.56. The first kappa shape index (κ1) is 13.8. The minimum atomic E-state index is 0.228. The van der Waals surface area contributed by atoms with E-state index in [0.717, 1.165) is 46.6 Å². The number of para-hydroxylation sites is 1. The molecule has 0 amide bonds. The van der Waals surface area contributed by atoms with Gasteiger partial charge in [-0.15, -0.1) is 0 Å². The van der Waals surface area contributed by atoms with E-state index in [1.165, 1.54) is 5.56 Å². The van der Waals surface area contributed by atoms with Crippen LogP contribution < -0.4 is 4.74 Å². The molecule has 2 aromatic heterocycles. The highest BCUT2D eigenvalue weighted by Crippen LogP contribution is 2.37. The van der Waals surface area contributed by atoms with Crippen molar-refractivity contribution in [1.29, 1.82) is 0 Å². The molecule has 0 fully saturated rings. The van der Waals surface area contributed by atoms with Gasteiger partial charge >= 0.3 is 0 Å². The topological polar surface area (TPSA) is 39.9 Å². The van der Waals surface area contributed by atoms with Crippen LogP contribution in [0.2, 0.25) is 0 Å². The van der Waals surface area contributed by atoms with Crippen molar-refractivity contribution in [3.05, 3.63) is 52.4 Å². The first-order valence-corrected chi connectivity index (χ1v) is 8.23. The van der Waals surface area contributed by atoms with E-state index in [2.05, 4.69) is 37.6 Å². The Morgan fingerprint density at radius 2 is 2.05 bits per heavy atom. The molecule has 0 bridgehead atoms. The molecule has 0 spiro atoms. The standard InChI is InChI=1S/C17H16BrN3O/c1-22-14-7-3-2-5-11(14)13-6-4-8-16-19-12-9-10-15(18)20-17(12)21(13)16/h2-3,5,7,9-10,13H,4,6,8H2,1H3. The number of pyridine rings is 1. The van der Waals surface area contributed by atoms with E-state index in [9.17, 15) is 0 Å². The van der Waals surface area contributed by atoms with Gasteiger partial charge < -0.3 is 9.30 Å². The highest BCUT2D eigenvalue weighted by Gasteiger charge is 2.27. The molecule has 1 aliphatic rings. The molecule has 1 aliphatic heterocycles. The Balaban J connectivity index is 1.95. The average molecular weight is 358 g/mol. The molecule has 112 valence electrons. The first-order valence-electron chi connectivity index (χ1n) is 7.44. The van der Waals surface area contributed by atoms with Gasteiger partial charge in [-0.3, -0.25) is 0 Å². The summed E-state index contributed by atoms with van der Waals surface area (Å²) in [5, 5.41) is 0. The zero-order valence-corrected chi connectivity index (χ0v) is 13.9. The van der Waals surface area contributed by atoms with Crippen molar-refractivity contribution < 1.29 is 4.74 Å². The van der Waals surface area contributed by atoms with Gasteiger partial charge in [-0.1, -0.05) is 18.2 Å². The van der Waals surface area contributed by atoms with E-state index in [-0.39, 0.29) is 6.04 Å². The maximum Gasteiger partial charge on any atom is 0.161 e. The summed E-state index contributed by atoms with van der Waals surface area (Å²) >= 11 is 3.47. The number of hydrogen-bond donors (Lipinski definition) is 0. The molecular formula is C17H16BrN3O. The summed E-state index contributed by atoms with van der Waals surface area (Å²) in [6.07, 6.45) is 3.21. The minimum Gasteiger partial charge on any atom is -0.496 e. The van der Waals surface area contributed by atoms with Gasteiger partial charge in [0.25, 0.3) is 0 Å². The summed E-state index contributed by atoms with van der Waals surface area (Å²) in [7, 11) is 1.73. The van der Waals surface area contributed by atoms with Crippen molar-refractivity contribution >= 4 is 27.1 Å². The fraction of sp³-hybridized carbons (Fsp3) is 0.294. The molecule has 22 heavy (non-hydrogen) atoms. The third kappa shape index (κ3) is 2.11. The summed E-state index contributed by atoms with van der Waals surface area (Å²) in [5.41, 5.74) is 3.10. The van der Waals surface area contributed by atoms with Crippen LogP contribution >= 0.6 is 15.9 Å². The van der Waals surface area contributed by atoms with Crippen LogP contribution in [0.3, 0.4) is 0 Å². The smallest absolute Gasteiger partial charge is 0.161 e. The first-order chi connectivity index (χ1) is 10.8. The fourth-order valence-corrected chi connectivity index (χ4v) is 3.62. The lowest BCUT2D eigenvalue weighted by Crippen LogP contribution is -2.20. The number of ether oxygens (including phenoxy) is 1. The van der Waals surface area contributed by atoms with Crippen molar-refractivity contribution in [2.24, 2.45) is 0 Å². The summed E-state index contributed by atoms with van der Waals surface area (Å²) < 4.78 is 8.68. The molecule has 0 aliphatic carbocycles. The van der Waals surface area contributed by atoms with Gasteiger partial charge in [0, 0.05) is 12.0 Å². The zero-order chi connectivity index (χ0) is 15.1. The molecule has 1 aromatic carbocycles. The highest BCUT2D eigenvalue weighted by atomic mass is 79.9. The highest BCUT2D eigenvalue weighted by molar-refractivity contribution is 9.10. The quantitative estimate of drug-likeness (QED) is 0.647. The van der Waals surface area contributed by atoms with Crippen LogP contribution in [0, 0.1) is 0 Å². The number of halogens is 1. The normalized spacial score (nSPS) is 17.5. The van der Waals surface area contributed by atoms with Crippen molar-refractivity contribution in [3.63, 3.8) is 0 Å². The lowest BCUT2D eigenvalue weighted by atomic mass is 9.96. The van der Waals surface area contributed by atoms with Crippen molar-refractivity contribution in [1.82, 2.24) is 14.5 Å². The monoisotopic (exact) mass is 357 g/mol. The summed E-state index contributed by atoms with van der Waals surface area (Å²) in [6.45, 7) is 0. The Hall–Kier alpha value is -1.88. The maximum atomic E-state index is 5.56. The third-order valence-electron chi connectivity index (χ3n) is 4.26. The number of nitrogens with zero attached hydrogens (tertiary/aromatic N) is 3. The number of aromatic nitrogens is 3. The molecule has 0 saturated carbocycles. The fourth-order valence-electron chi connectivity index (χ4n) is 3.32. The Labute approximate surface area is 137 Å². The molecule has 3 heterocycles. The summed E-state index contributed by atoms with van der Waals surface area (Å²) in [5.74, 6) is 2.04. The molecule has 0 radical (unpaired) electrons. The summed E-state index contributed by atoms with van der Waals surface area (Å²) in [4.78, 5) is 9.42. The largest absolute Gasteiger partial charge is 0.496 e. The van der Waals surface area contributed by atoms with Gasteiger partial charge in [-0.2, -0.15) is 0 Å². The second-order valence-electron chi connectivity index (χ2n) is 5.52. The van der Waals surface area contributed by atoms with Crippen LogP contribution in [0.1, 0.15) is 30.3 Å². The Morgan fingerprint density at radius 3 is 2.91 bits per heavy atom. The molecule has 5 heteroatoms. The predicted molar refractivity (Wildman–Crippen MR) is 89.3 cm³/mol. The molecular weight excluding hydrogens is 342 g/mol. The Bertz CT molecular complexity index is 843. The Morgan fingerprint density at radius 1 is 1.18 bits per heavy atom. The van der Waals surface area contributed by atoms with Gasteiger partial charge in [-0.25, -0.2) is 9.97 Å². The van der Waals surface area contributed by atoms with Crippen LogP contribution in [0.15, 0.2) is 41.0 Å². The van der Waals surface area contributed by atoms with Crippen LogP contribution in [-0.2, 0) is 6.42 Å². The van der Waals surface area contributed by atoms with Crippen molar-refractivity contribution in [2.45, 2.75) is 25.3 Å². The van der Waals surface area contributed by atoms with E-state index in [1.54, 1.807) is 7.11 Å². The van der Waals surface area contributed by atoms with E-state index in [0.29, 0.717) is 0 Å². The van der Waals surface area contributed by atoms with E-state index >= 15 is 0 Å². The molecule has 0 N–H and O–H groups in total. The van der Waals surface area contributed by atoms with Crippen LogP contribution in [0.4, 0.5) is 0 Å². The van der Waals surface area contributed by atoms with Gasteiger partial charge in [0.05, 0.1) is 13.2 Å². The minimum absolute atomic E-state index is 0.228. The van der Waals surface area contributed by atoms with Gasteiger partial charge in [0.2, 0.25) is 0 Å². The Kier molecular flexibility index (Phi) is 3.37. The third-order valence-corrected chi connectivity index (χ3v) is 4.71. The van der Waals surface area contributed by atoms with Gasteiger partial charge in [0.15, 0.2) is 5.65 Å². The average Bonchev–Trinajstić information content (AvgIpc) is 2.92.